The van der Waals surface area contributed by atoms with Gasteiger partial charge in [-0.1, -0.05) is 214 Å². The molecule has 71 heavy (non-hydrogen) atoms. The van der Waals surface area contributed by atoms with E-state index in [9.17, 15) is 0 Å². The molecule has 0 saturated heterocycles. The van der Waals surface area contributed by atoms with Gasteiger partial charge in [-0.3, -0.25) is 0 Å². The van der Waals surface area contributed by atoms with Gasteiger partial charge in [0, 0.05) is 61.2 Å². The Bertz CT molecular complexity index is 3960. The Labute approximate surface area is 414 Å². The molecular weight excluding hydrogens is 861 g/mol. The monoisotopic (exact) mass is 908 g/mol. The first-order chi connectivity index (χ1) is 35.0. The van der Waals surface area contributed by atoms with Crippen molar-refractivity contribution < 1.29 is 4.42 Å². The van der Waals surface area contributed by atoms with Crippen LogP contribution in [0.25, 0.3) is 72.4 Å². The quantitative estimate of drug-likeness (QED) is 0.151. The summed E-state index contributed by atoms with van der Waals surface area (Å²) in [6.45, 7) is 4.74. The van der Waals surface area contributed by atoms with E-state index in [-0.39, 0.29) is 5.41 Å². The number of para-hydroxylation sites is 2. The summed E-state index contributed by atoms with van der Waals surface area (Å²) in [7, 11) is 0. The lowest BCUT2D eigenvalue weighted by Gasteiger charge is -2.35. The Balaban J connectivity index is 1.08. The maximum atomic E-state index is 7.32. The molecule has 0 spiro atoms. The zero-order chi connectivity index (χ0) is 47.3. The van der Waals surface area contributed by atoms with E-state index >= 15 is 0 Å². The predicted octanol–water partition coefficient (Wildman–Crippen LogP) is 17.8. The fourth-order valence-electron chi connectivity index (χ4n) is 12.3. The third-order valence-corrected chi connectivity index (χ3v) is 15.5. The normalized spacial score (nSPS) is 13.7. The van der Waals surface area contributed by atoms with Crippen LogP contribution in [-0.4, -0.2) is 4.57 Å². The molecule has 0 N–H and O–H groups in total. The maximum Gasteiger partial charge on any atom is 0.142 e. The summed E-state index contributed by atoms with van der Waals surface area (Å²) >= 11 is 0. The van der Waals surface area contributed by atoms with Gasteiger partial charge in [0.1, 0.15) is 11.5 Å². The lowest BCUT2D eigenvalue weighted by molar-refractivity contribution is 0.587. The van der Waals surface area contributed by atoms with Crippen LogP contribution in [0.4, 0.5) is 17.1 Å². The molecule has 2 heterocycles. The van der Waals surface area contributed by atoms with Gasteiger partial charge >= 0.3 is 0 Å². The Morgan fingerprint density at radius 3 is 1.55 bits per heavy atom. The largest absolute Gasteiger partial charge is 0.455 e. The van der Waals surface area contributed by atoms with Crippen molar-refractivity contribution in [2.75, 3.05) is 4.90 Å². The molecule has 12 aromatic rings. The molecule has 0 fully saturated rings. The standard InChI is InChI=1S/C68H48N2O/c1-67(2)58-34-20-18-32-53(58)54-39-36-50(42-59(54)67)69(52-37-40-56-55-33-19-21-35-61(55)70(62(56)44-52)49-30-16-7-17-31-49)51-38-41-57-60(43-51)68(47-26-12-5-13-27-47,48-28-14-6-15-29-48)64-63(57)65(45-22-8-3-9-23-45)71-66(64)46-24-10-4-11-25-46/h3-44H,1-2H3. The van der Waals surface area contributed by atoms with Gasteiger partial charge in [-0.05, 0) is 99.1 Å². The van der Waals surface area contributed by atoms with Crippen molar-refractivity contribution in [3.05, 3.63) is 288 Å². The number of hydrogen-bond acceptors (Lipinski definition) is 2. The molecule has 14 rings (SSSR count). The summed E-state index contributed by atoms with van der Waals surface area (Å²) in [6, 6.07) is 93.3. The van der Waals surface area contributed by atoms with E-state index < -0.39 is 5.41 Å². The summed E-state index contributed by atoms with van der Waals surface area (Å²) in [5, 5.41) is 2.45. The van der Waals surface area contributed by atoms with Gasteiger partial charge < -0.3 is 13.9 Å². The predicted molar refractivity (Wildman–Crippen MR) is 293 cm³/mol. The minimum Gasteiger partial charge on any atom is -0.455 e. The molecule has 2 aliphatic rings. The fraction of sp³-hybridized carbons (Fsp3) is 0.0588. The molecule has 3 heteroatoms. The number of benzene rings is 10. The van der Waals surface area contributed by atoms with Gasteiger partial charge in [-0.2, -0.15) is 0 Å². The van der Waals surface area contributed by atoms with Crippen LogP contribution < -0.4 is 4.90 Å². The zero-order valence-electron chi connectivity index (χ0n) is 39.6. The second kappa shape index (κ2) is 15.8. The van der Waals surface area contributed by atoms with E-state index in [0.717, 1.165) is 67.6 Å². The average Bonchev–Trinajstić information content (AvgIpc) is 4.15. The van der Waals surface area contributed by atoms with Crippen molar-refractivity contribution in [3.8, 4) is 50.6 Å². The number of aromatic nitrogens is 1. The molecule has 0 amide bonds. The smallest absolute Gasteiger partial charge is 0.142 e. The van der Waals surface area contributed by atoms with Gasteiger partial charge in [0.05, 0.1) is 16.4 Å². The van der Waals surface area contributed by atoms with Crippen molar-refractivity contribution in [1.82, 2.24) is 4.57 Å². The van der Waals surface area contributed by atoms with Crippen LogP contribution in [0.15, 0.2) is 259 Å². The topological polar surface area (TPSA) is 21.3 Å². The highest BCUT2D eigenvalue weighted by Gasteiger charge is 2.51. The van der Waals surface area contributed by atoms with Crippen molar-refractivity contribution in [2.45, 2.75) is 24.7 Å². The first-order valence-electron chi connectivity index (χ1n) is 24.7. The number of furan rings is 1. The Kier molecular flexibility index (Phi) is 9.15. The Hall–Kier alpha value is -8.92. The fourth-order valence-corrected chi connectivity index (χ4v) is 12.3. The zero-order valence-corrected chi connectivity index (χ0v) is 39.6. The summed E-state index contributed by atoms with van der Waals surface area (Å²) in [5.41, 5.74) is 20.1. The lowest BCUT2D eigenvalue weighted by Crippen LogP contribution is -2.29. The molecule has 0 aliphatic heterocycles. The average molecular weight is 909 g/mol. The number of fused-ring (bicyclic) bond motifs is 9. The third kappa shape index (κ3) is 6.03. The van der Waals surface area contributed by atoms with Crippen LogP contribution in [0, 0.1) is 0 Å². The summed E-state index contributed by atoms with van der Waals surface area (Å²) < 4.78 is 9.74. The molecule has 2 aromatic heterocycles. The SMILES string of the molecule is CC1(C)c2ccccc2-c2ccc(N(c3ccc4c(c3)C(c3ccccc3)(c3ccccc3)c3c(-c5ccccc5)oc(-c5ccccc5)c3-4)c3ccc4c5ccccc5n(-c5ccccc5)c4c3)cc21. The molecular formula is C68H48N2O. The van der Waals surface area contributed by atoms with Crippen molar-refractivity contribution >= 4 is 38.9 Å². The van der Waals surface area contributed by atoms with E-state index in [4.69, 9.17) is 4.42 Å². The maximum absolute atomic E-state index is 7.32. The summed E-state index contributed by atoms with van der Waals surface area (Å²) in [5.74, 6) is 1.75. The highest BCUT2D eigenvalue weighted by molar-refractivity contribution is 6.10. The lowest BCUT2D eigenvalue weighted by atomic mass is 9.67. The molecule has 0 bridgehead atoms. The number of nitrogens with zero attached hydrogens (tertiary/aromatic N) is 2. The molecule has 0 atom stereocenters. The third-order valence-electron chi connectivity index (χ3n) is 15.5. The number of anilines is 3. The van der Waals surface area contributed by atoms with Crippen molar-refractivity contribution in [3.63, 3.8) is 0 Å². The van der Waals surface area contributed by atoms with E-state index in [1.54, 1.807) is 0 Å². The molecule has 10 aromatic carbocycles. The van der Waals surface area contributed by atoms with Gasteiger partial charge in [0.2, 0.25) is 0 Å². The van der Waals surface area contributed by atoms with Gasteiger partial charge in [-0.25, -0.2) is 0 Å². The Morgan fingerprint density at radius 2 is 0.873 bits per heavy atom. The van der Waals surface area contributed by atoms with Crippen LogP contribution in [0.3, 0.4) is 0 Å². The van der Waals surface area contributed by atoms with Crippen LogP contribution in [0.5, 0.6) is 0 Å². The second-order valence-corrected chi connectivity index (χ2v) is 19.6. The van der Waals surface area contributed by atoms with Crippen LogP contribution in [0.1, 0.15) is 47.2 Å². The molecule has 0 unspecified atom stereocenters. The van der Waals surface area contributed by atoms with E-state index in [0.29, 0.717) is 0 Å². The Morgan fingerprint density at radius 1 is 0.380 bits per heavy atom. The number of hydrogen-bond donors (Lipinski definition) is 0. The molecule has 2 aliphatic carbocycles. The first-order valence-corrected chi connectivity index (χ1v) is 24.7. The molecule has 3 nitrogen and oxygen atoms in total. The summed E-state index contributed by atoms with van der Waals surface area (Å²) in [6.07, 6.45) is 0. The van der Waals surface area contributed by atoms with Crippen LogP contribution >= 0.6 is 0 Å². The molecule has 0 saturated carbocycles. The minimum atomic E-state index is -0.762. The minimum absolute atomic E-state index is 0.191. The molecule has 336 valence electrons. The second-order valence-electron chi connectivity index (χ2n) is 19.6. The highest BCUT2D eigenvalue weighted by atomic mass is 16.3. The van der Waals surface area contributed by atoms with Gasteiger partial charge in [0.25, 0.3) is 0 Å². The van der Waals surface area contributed by atoms with Crippen LogP contribution in [-0.2, 0) is 10.8 Å². The molecule has 0 radical (unpaired) electrons. The van der Waals surface area contributed by atoms with Gasteiger partial charge in [0.15, 0.2) is 0 Å². The van der Waals surface area contributed by atoms with Gasteiger partial charge in [-0.15, -0.1) is 0 Å². The van der Waals surface area contributed by atoms with Crippen LogP contribution in [0.2, 0.25) is 0 Å². The van der Waals surface area contributed by atoms with Crippen molar-refractivity contribution in [1.29, 1.82) is 0 Å². The van der Waals surface area contributed by atoms with E-state index in [2.05, 4.69) is 278 Å². The highest BCUT2D eigenvalue weighted by Crippen LogP contribution is 2.63. The summed E-state index contributed by atoms with van der Waals surface area (Å²) in [4.78, 5) is 2.50. The van der Waals surface area contributed by atoms with Crippen molar-refractivity contribution in [2.24, 2.45) is 0 Å². The van der Waals surface area contributed by atoms with E-state index in [1.165, 1.54) is 55.2 Å². The number of rotatable bonds is 8. The van der Waals surface area contributed by atoms with E-state index in [1.807, 2.05) is 0 Å². The first kappa shape index (κ1) is 41.1.